The topological polar surface area (TPSA) is 46.9 Å². The summed E-state index contributed by atoms with van der Waals surface area (Å²) in [7, 11) is 0. The lowest BCUT2D eigenvalue weighted by Gasteiger charge is -2.17. The van der Waals surface area contributed by atoms with E-state index >= 15 is 0 Å². The summed E-state index contributed by atoms with van der Waals surface area (Å²) in [6, 6.07) is 0. The number of aromatic nitrogens is 2. The molecule has 1 aromatic rings. The van der Waals surface area contributed by atoms with Gasteiger partial charge in [0.05, 0.1) is 11.9 Å². The summed E-state index contributed by atoms with van der Waals surface area (Å²) < 4.78 is 1.81. The first kappa shape index (κ1) is 12.0. The largest absolute Gasteiger partial charge is 0.322 e. The van der Waals surface area contributed by atoms with Crippen LogP contribution in [0.4, 0.5) is 5.69 Å². The number of halogens is 1. The molecule has 1 heterocycles. The van der Waals surface area contributed by atoms with E-state index in [1.54, 1.807) is 12.4 Å². The predicted molar refractivity (Wildman–Crippen MR) is 61.0 cm³/mol. The maximum absolute atomic E-state index is 11.0. The second kappa shape index (κ2) is 4.66. The molecule has 0 fully saturated rings. The van der Waals surface area contributed by atoms with Crippen LogP contribution in [0.1, 0.15) is 20.8 Å². The Bertz CT molecular complexity index is 341. The summed E-state index contributed by atoms with van der Waals surface area (Å²) in [5.74, 6) is -0.253. The lowest BCUT2D eigenvalue weighted by atomic mass is 9.97. The first-order valence-electron chi connectivity index (χ1n) is 4.79. The van der Waals surface area contributed by atoms with Gasteiger partial charge < -0.3 is 5.32 Å². The fraction of sp³-hybridized carbons (Fsp3) is 0.600. The number of amides is 1. The number of hydrogen-bond acceptors (Lipinski definition) is 2. The van der Waals surface area contributed by atoms with Crippen molar-refractivity contribution in [2.24, 2.45) is 5.41 Å². The van der Waals surface area contributed by atoms with E-state index in [0.29, 0.717) is 5.69 Å². The van der Waals surface area contributed by atoms with Gasteiger partial charge in [-0.2, -0.15) is 5.10 Å². The van der Waals surface area contributed by atoms with Crippen molar-refractivity contribution >= 4 is 23.2 Å². The van der Waals surface area contributed by atoms with Crippen LogP contribution in [0.15, 0.2) is 12.4 Å². The van der Waals surface area contributed by atoms with Gasteiger partial charge in [0.25, 0.3) is 0 Å². The molecule has 0 saturated heterocycles. The zero-order valence-corrected chi connectivity index (χ0v) is 10.0. The molecule has 0 aliphatic rings. The molecule has 4 nitrogen and oxygen atoms in total. The van der Waals surface area contributed by atoms with Crippen LogP contribution in [0.2, 0.25) is 0 Å². The van der Waals surface area contributed by atoms with Gasteiger partial charge in [0.2, 0.25) is 5.91 Å². The fourth-order valence-electron chi connectivity index (χ4n) is 1.19. The summed E-state index contributed by atoms with van der Waals surface area (Å²) >= 11 is 5.38. The van der Waals surface area contributed by atoms with Gasteiger partial charge in [-0.15, -0.1) is 11.6 Å². The third kappa shape index (κ3) is 4.34. The van der Waals surface area contributed by atoms with Crippen molar-refractivity contribution in [1.29, 1.82) is 0 Å². The number of carbonyl (C=O) groups excluding carboxylic acids is 1. The summed E-state index contributed by atoms with van der Waals surface area (Å²) in [6.45, 7) is 7.20. The Morgan fingerprint density at radius 3 is 2.80 bits per heavy atom. The maximum Gasteiger partial charge on any atom is 0.239 e. The quantitative estimate of drug-likeness (QED) is 0.807. The normalized spacial score (nSPS) is 11.5. The van der Waals surface area contributed by atoms with Crippen LogP contribution in [-0.4, -0.2) is 21.6 Å². The van der Waals surface area contributed by atoms with Crippen LogP contribution in [0.3, 0.4) is 0 Å². The zero-order valence-electron chi connectivity index (χ0n) is 9.25. The highest BCUT2D eigenvalue weighted by atomic mass is 35.5. The van der Waals surface area contributed by atoms with E-state index in [1.807, 2.05) is 4.68 Å². The first-order valence-corrected chi connectivity index (χ1v) is 5.32. The van der Waals surface area contributed by atoms with Gasteiger partial charge in [0.1, 0.15) is 5.88 Å². The summed E-state index contributed by atoms with van der Waals surface area (Å²) in [5, 5.41) is 6.79. The van der Waals surface area contributed by atoms with Gasteiger partial charge >= 0.3 is 0 Å². The molecule has 0 atom stereocenters. The molecule has 0 saturated carbocycles. The molecule has 0 unspecified atom stereocenters. The van der Waals surface area contributed by atoms with Crippen LogP contribution >= 0.6 is 11.6 Å². The lowest BCUT2D eigenvalue weighted by molar-refractivity contribution is -0.113. The van der Waals surface area contributed by atoms with Crippen molar-refractivity contribution in [3.63, 3.8) is 0 Å². The van der Waals surface area contributed by atoms with E-state index < -0.39 is 0 Å². The second-order valence-electron chi connectivity index (χ2n) is 4.67. The van der Waals surface area contributed by atoms with Gasteiger partial charge in [-0.25, -0.2) is 0 Å². The van der Waals surface area contributed by atoms with Crippen molar-refractivity contribution in [2.45, 2.75) is 27.3 Å². The van der Waals surface area contributed by atoms with E-state index in [4.69, 9.17) is 11.6 Å². The second-order valence-corrected chi connectivity index (χ2v) is 4.94. The van der Waals surface area contributed by atoms with Crippen LogP contribution in [0.25, 0.3) is 0 Å². The molecule has 0 spiro atoms. The van der Waals surface area contributed by atoms with E-state index in [-0.39, 0.29) is 17.2 Å². The molecule has 0 radical (unpaired) electrons. The molecule has 15 heavy (non-hydrogen) atoms. The van der Waals surface area contributed by atoms with Crippen LogP contribution in [0, 0.1) is 5.41 Å². The highest BCUT2D eigenvalue weighted by molar-refractivity contribution is 6.29. The van der Waals surface area contributed by atoms with E-state index in [0.717, 1.165) is 6.54 Å². The Labute approximate surface area is 94.6 Å². The molecule has 1 aromatic heterocycles. The minimum absolute atomic E-state index is 0.0373. The molecule has 1 N–H and O–H groups in total. The van der Waals surface area contributed by atoms with Crippen LogP contribution < -0.4 is 5.32 Å². The molecule has 1 rings (SSSR count). The average Bonchev–Trinajstić information content (AvgIpc) is 2.49. The fourth-order valence-corrected chi connectivity index (χ4v) is 1.26. The van der Waals surface area contributed by atoms with Crippen LogP contribution in [0.5, 0.6) is 0 Å². The highest BCUT2D eigenvalue weighted by Gasteiger charge is 2.12. The monoisotopic (exact) mass is 229 g/mol. The Kier molecular flexibility index (Phi) is 3.74. The van der Waals surface area contributed by atoms with E-state index in [1.165, 1.54) is 0 Å². The minimum atomic E-state index is -0.216. The molecule has 0 aromatic carbocycles. The van der Waals surface area contributed by atoms with Crippen molar-refractivity contribution in [3.05, 3.63) is 12.4 Å². The van der Waals surface area contributed by atoms with E-state index in [2.05, 4.69) is 31.2 Å². The Hall–Kier alpha value is -1.03. The van der Waals surface area contributed by atoms with Gasteiger partial charge in [-0.3, -0.25) is 9.48 Å². The van der Waals surface area contributed by atoms with Crippen molar-refractivity contribution < 1.29 is 4.79 Å². The number of nitrogens with one attached hydrogen (secondary N) is 1. The van der Waals surface area contributed by atoms with Crippen molar-refractivity contribution in [1.82, 2.24) is 9.78 Å². The predicted octanol–water partition coefficient (Wildman–Crippen LogP) is 2.11. The van der Waals surface area contributed by atoms with Gasteiger partial charge in [-0.05, 0) is 5.41 Å². The summed E-state index contributed by atoms with van der Waals surface area (Å²) in [5.41, 5.74) is 0.852. The minimum Gasteiger partial charge on any atom is -0.322 e. The number of rotatable bonds is 3. The van der Waals surface area contributed by atoms with Gasteiger partial charge in [-0.1, -0.05) is 20.8 Å². The SMILES string of the molecule is CC(C)(C)Cn1cc(NC(=O)CCl)cn1. The molecular weight excluding hydrogens is 214 g/mol. The molecule has 0 aliphatic carbocycles. The number of anilines is 1. The number of nitrogens with zero attached hydrogens (tertiary/aromatic N) is 2. The molecule has 0 aliphatic heterocycles. The Balaban J connectivity index is 2.60. The van der Waals surface area contributed by atoms with Crippen LogP contribution in [-0.2, 0) is 11.3 Å². The maximum atomic E-state index is 11.0. The van der Waals surface area contributed by atoms with Gasteiger partial charge in [0, 0.05) is 12.7 Å². The van der Waals surface area contributed by atoms with Crippen molar-refractivity contribution in [2.75, 3.05) is 11.2 Å². The van der Waals surface area contributed by atoms with Crippen molar-refractivity contribution in [3.8, 4) is 0 Å². The lowest BCUT2D eigenvalue weighted by Crippen LogP contribution is -2.16. The first-order chi connectivity index (χ1) is 6.90. The number of alkyl halides is 1. The highest BCUT2D eigenvalue weighted by Crippen LogP contribution is 2.16. The standard InChI is InChI=1S/C10H16ClN3O/c1-10(2,3)7-14-6-8(5-12-14)13-9(15)4-11/h5-6H,4,7H2,1-3H3,(H,13,15). The molecule has 84 valence electrons. The molecular formula is C10H16ClN3O. The molecule has 0 bridgehead atoms. The number of hydrogen-bond donors (Lipinski definition) is 1. The average molecular weight is 230 g/mol. The molecule has 1 amide bonds. The number of carbonyl (C=O) groups is 1. The smallest absolute Gasteiger partial charge is 0.239 e. The third-order valence-corrected chi connectivity index (χ3v) is 1.92. The summed E-state index contributed by atoms with van der Waals surface area (Å²) in [4.78, 5) is 11.0. The zero-order chi connectivity index (χ0) is 11.5. The molecule has 5 heteroatoms. The van der Waals surface area contributed by atoms with E-state index in [9.17, 15) is 4.79 Å². The van der Waals surface area contributed by atoms with Gasteiger partial charge in [0.15, 0.2) is 0 Å². The summed E-state index contributed by atoms with van der Waals surface area (Å²) in [6.07, 6.45) is 3.42. The third-order valence-electron chi connectivity index (χ3n) is 1.67. The Morgan fingerprint density at radius 2 is 2.27 bits per heavy atom. The Morgan fingerprint density at radius 1 is 1.60 bits per heavy atom.